The lowest BCUT2D eigenvalue weighted by molar-refractivity contribution is 0.0933. The van der Waals surface area contributed by atoms with Gasteiger partial charge in [-0.3, -0.25) is 4.79 Å². The summed E-state index contributed by atoms with van der Waals surface area (Å²) in [5, 5.41) is 0.599. The Kier molecular flexibility index (Phi) is 6.56. The number of carbonyl (C=O) groups is 1. The largest absolute Gasteiger partial charge is 0.459 e. The van der Waals surface area contributed by atoms with Crippen molar-refractivity contribution >= 4 is 23.2 Å². The molecule has 156 valence electrons. The summed E-state index contributed by atoms with van der Waals surface area (Å²) in [6.07, 6.45) is 4.40. The van der Waals surface area contributed by atoms with Gasteiger partial charge in [0.05, 0.1) is 17.0 Å². The van der Waals surface area contributed by atoms with Gasteiger partial charge in [-0.1, -0.05) is 54.1 Å². The fraction of sp³-hybridized carbons (Fsp3) is 0.320. The predicted molar refractivity (Wildman–Crippen MR) is 121 cm³/mol. The van der Waals surface area contributed by atoms with Crippen molar-refractivity contribution in [2.24, 2.45) is 0 Å². The molecular weight excluding hydrogens is 396 g/mol. The summed E-state index contributed by atoms with van der Waals surface area (Å²) in [5.41, 5.74) is 3.15. The van der Waals surface area contributed by atoms with E-state index in [1.807, 2.05) is 30.0 Å². The number of amides is 1. The van der Waals surface area contributed by atoms with Crippen LogP contribution in [0, 0.1) is 6.92 Å². The van der Waals surface area contributed by atoms with Crippen LogP contribution in [-0.2, 0) is 6.42 Å². The van der Waals surface area contributed by atoms with Crippen molar-refractivity contribution in [1.82, 2.24) is 4.90 Å². The van der Waals surface area contributed by atoms with Gasteiger partial charge in [0.2, 0.25) is 0 Å². The fourth-order valence-corrected chi connectivity index (χ4v) is 4.54. The van der Waals surface area contributed by atoms with Crippen LogP contribution in [0.2, 0.25) is 5.02 Å². The smallest absolute Gasteiger partial charge is 0.294 e. The normalized spacial score (nSPS) is 15.3. The first-order valence-corrected chi connectivity index (χ1v) is 10.9. The van der Waals surface area contributed by atoms with Gasteiger partial charge in [0, 0.05) is 25.7 Å². The van der Waals surface area contributed by atoms with E-state index in [9.17, 15) is 4.79 Å². The van der Waals surface area contributed by atoms with Crippen molar-refractivity contribution in [2.75, 3.05) is 24.5 Å². The molecule has 1 aliphatic heterocycles. The second kappa shape index (κ2) is 9.50. The van der Waals surface area contributed by atoms with Crippen molar-refractivity contribution in [3.63, 3.8) is 0 Å². The second-order valence-electron chi connectivity index (χ2n) is 7.87. The molecule has 1 aromatic heterocycles. The average molecular weight is 423 g/mol. The molecule has 0 radical (unpaired) electrons. The molecule has 3 aromatic rings. The first-order chi connectivity index (χ1) is 14.6. The van der Waals surface area contributed by atoms with Crippen LogP contribution >= 0.6 is 11.6 Å². The van der Waals surface area contributed by atoms with Gasteiger partial charge in [0.25, 0.3) is 5.91 Å². The molecule has 0 atom stereocenters. The third-order valence-corrected chi connectivity index (χ3v) is 6.17. The molecule has 2 aromatic carbocycles. The van der Waals surface area contributed by atoms with Gasteiger partial charge in [0.15, 0.2) is 5.76 Å². The summed E-state index contributed by atoms with van der Waals surface area (Å²) < 4.78 is 5.43. The lowest BCUT2D eigenvalue weighted by Crippen LogP contribution is -2.48. The summed E-state index contributed by atoms with van der Waals surface area (Å²) in [5.74, 6) is 0.222. The molecule has 5 heteroatoms. The van der Waals surface area contributed by atoms with Gasteiger partial charge in [0.1, 0.15) is 0 Å². The topological polar surface area (TPSA) is 36.7 Å². The summed E-state index contributed by atoms with van der Waals surface area (Å²) in [7, 11) is 0. The second-order valence-corrected chi connectivity index (χ2v) is 8.27. The van der Waals surface area contributed by atoms with E-state index in [0.717, 1.165) is 50.1 Å². The molecule has 30 heavy (non-hydrogen) atoms. The minimum atomic E-state index is -0.126. The zero-order valence-corrected chi connectivity index (χ0v) is 18.0. The number of aryl methyl sites for hydroxylation is 1. The molecule has 1 aliphatic rings. The average Bonchev–Trinajstić information content (AvgIpc) is 3.31. The summed E-state index contributed by atoms with van der Waals surface area (Å²) in [4.78, 5) is 17.7. The molecule has 4 nitrogen and oxygen atoms in total. The lowest BCUT2D eigenvalue weighted by Gasteiger charge is -2.39. The van der Waals surface area contributed by atoms with Crippen LogP contribution in [0.3, 0.4) is 0 Å². The number of anilines is 1. The van der Waals surface area contributed by atoms with Gasteiger partial charge in [-0.15, -0.1) is 0 Å². The molecule has 0 saturated carbocycles. The SMILES string of the molecule is Cc1cccc(Cl)c1N(C(=O)c1ccco1)C1CCN(CCc2ccccc2)CC1. The minimum Gasteiger partial charge on any atom is -0.459 e. The summed E-state index contributed by atoms with van der Waals surface area (Å²) >= 11 is 6.56. The number of nitrogens with zero attached hydrogens (tertiary/aromatic N) is 2. The fourth-order valence-electron chi connectivity index (χ4n) is 4.23. The highest BCUT2D eigenvalue weighted by Gasteiger charge is 2.32. The van der Waals surface area contributed by atoms with Crippen molar-refractivity contribution in [2.45, 2.75) is 32.2 Å². The van der Waals surface area contributed by atoms with Crippen LogP contribution in [0.4, 0.5) is 5.69 Å². The Hall–Kier alpha value is -2.56. The number of hydrogen-bond acceptors (Lipinski definition) is 3. The van der Waals surface area contributed by atoms with Crippen molar-refractivity contribution in [1.29, 1.82) is 0 Å². The maximum absolute atomic E-state index is 13.4. The van der Waals surface area contributed by atoms with Gasteiger partial charge in [-0.2, -0.15) is 0 Å². The van der Waals surface area contributed by atoms with E-state index < -0.39 is 0 Å². The number of halogens is 1. The highest BCUT2D eigenvalue weighted by Crippen LogP contribution is 2.34. The number of benzene rings is 2. The zero-order chi connectivity index (χ0) is 20.9. The van der Waals surface area contributed by atoms with Crippen LogP contribution in [0.25, 0.3) is 0 Å². The Morgan fingerprint density at radius 2 is 1.83 bits per heavy atom. The van der Waals surface area contributed by atoms with Crippen molar-refractivity contribution < 1.29 is 9.21 Å². The number of piperidine rings is 1. The van der Waals surface area contributed by atoms with E-state index in [4.69, 9.17) is 16.0 Å². The van der Waals surface area contributed by atoms with Crippen molar-refractivity contribution in [3.05, 3.63) is 88.8 Å². The number of furan rings is 1. The molecule has 1 amide bonds. The van der Waals surface area contributed by atoms with Crippen LogP contribution in [-0.4, -0.2) is 36.5 Å². The monoisotopic (exact) mass is 422 g/mol. The molecule has 4 rings (SSSR count). The van der Waals surface area contributed by atoms with Gasteiger partial charge >= 0.3 is 0 Å². The van der Waals surface area contributed by atoms with Crippen LogP contribution in [0.5, 0.6) is 0 Å². The molecule has 0 aliphatic carbocycles. The molecule has 0 spiro atoms. The molecule has 0 bridgehead atoms. The maximum Gasteiger partial charge on any atom is 0.294 e. The third-order valence-electron chi connectivity index (χ3n) is 5.86. The van der Waals surface area contributed by atoms with E-state index in [1.165, 1.54) is 11.8 Å². The van der Waals surface area contributed by atoms with Crippen LogP contribution in [0.15, 0.2) is 71.3 Å². The van der Waals surface area contributed by atoms with E-state index in [0.29, 0.717) is 10.8 Å². The molecule has 1 fully saturated rings. The van der Waals surface area contributed by atoms with Gasteiger partial charge in [-0.05, 0) is 55.5 Å². The Morgan fingerprint density at radius 1 is 1.07 bits per heavy atom. The van der Waals surface area contributed by atoms with E-state index in [2.05, 4.69) is 35.2 Å². The molecule has 0 N–H and O–H groups in total. The van der Waals surface area contributed by atoms with E-state index >= 15 is 0 Å². The molecule has 1 saturated heterocycles. The number of para-hydroxylation sites is 1. The van der Waals surface area contributed by atoms with Crippen molar-refractivity contribution in [3.8, 4) is 0 Å². The van der Waals surface area contributed by atoms with E-state index in [-0.39, 0.29) is 11.9 Å². The lowest BCUT2D eigenvalue weighted by atomic mass is 10.00. The minimum absolute atomic E-state index is 0.0918. The number of carbonyl (C=O) groups excluding carboxylic acids is 1. The Bertz CT molecular complexity index is 944. The van der Waals surface area contributed by atoms with Crippen LogP contribution in [0.1, 0.15) is 34.5 Å². The predicted octanol–water partition coefficient (Wildman–Crippen LogP) is 5.60. The maximum atomic E-state index is 13.4. The highest BCUT2D eigenvalue weighted by atomic mass is 35.5. The van der Waals surface area contributed by atoms with E-state index in [1.54, 1.807) is 12.1 Å². The summed E-state index contributed by atoms with van der Waals surface area (Å²) in [6, 6.07) is 19.9. The summed E-state index contributed by atoms with van der Waals surface area (Å²) in [6.45, 7) is 4.96. The number of hydrogen-bond donors (Lipinski definition) is 0. The molecular formula is C25H27ClN2O2. The standard InChI is InChI=1S/C25H27ClN2O2/c1-19-7-5-10-22(26)24(19)28(25(29)23-11-6-18-30-23)21-13-16-27(17-14-21)15-12-20-8-3-2-4-9-20/h2-11,18,21H,12-17H2,1H3. The first kappa shape index (κ1) is 20.7. The molecule has 2 heterocycles. The highest BCUT2D eigenvalue weighted by molar-refractivity contribution is 6.34. The Labute approximate surface area is 183 Å². The van der Waals surface area contributed by atoms with Gasteiger partial charge in [-0.25, -0.2) is 0 Å². The zero-order valence-electron chi connectivity index (χ0n) is 17.3. The molecule has 0 unspecified atom stereocenters. The Balaban J connectivity index is 1.49. The Morgan fingerprint density at radius 3 is 2.50 bits per heavy atom. The quantitative estimate of drug-likeness (QED) is 0.519. The number of likely N-dealkylation sites (tertiary alicyclic amines) is 1. The van der Waals surface area contributed by atoms with Gasteiger partial charge < -0.3 is 14.2 Å². The first-order valence-electron chi connectivity index (χ1n) is 10.5. The third kappa shape index (κ3) is 4.61. The number of rotatable bonds is 6. The van der Waals surface area contributed by atoms with Crippen LogP contribution < -0.4 is 4.90 Å².